The molecule has 3 heterocycles. The highest BCUT2D eigenvalue weighted by Gasteiger charge is 2.36. The summed E-state index contributed by atoms with van der Waals surface area (Å²) >= 11 is 7.03. The molecule has 13 nitrogen and oxygen atoms in total. The van der Waals surface area contributed by atoms with Crippen molar-refractivity contribution in [2.45, 2.75) is 70.6 Å². The maximum absolute atomic E-state index is 12.1. The number of nitrogens with one attached hydrogen (secondary N) is 1. The van der Waals surface area contributed by atoms with Crippen molar-refractivity contribution >= 4 is 46.5 Å². The largest absolute Gasteiger partial charge is 0.497 e. The van der Waals surface area contributed by atoms with E-state index in [0.717, 1.165) is 24.2 Å². The third-order valence-corrected chi connectivity index (χ3v) is 9.16. The van der Waals surface area contributed by atoms with E-state index in [4.69, 9.17) is 21.3 Å². The van der Waals surface area contributed by atoms with Crippen LogP contribution in [0.25, 0.3) is 5.65 Å². The Kier molecular flexibility index (Phi) is 8.91. The van der Waals surface area contributed by atoms with Gasteiger partial charge in [0.05, 0.1) is 41.3 Å². The van der Waals surface area contributed by atoms with Crippen molar-refractivity contribution in [3.05, 3.63) is 64.4 Å². The normalized spacial score (nSPS) is 15.1. The molecule has 6 rings (SSSR count). The van der Waals surface area contributed by atoms with Crippen LogP contribution in [0.2, 0.25) is 5.02 Å². The van der Waals surface area contributed by atoms with Gasteiger partial charge in [0, 0.05) is 37.3 Å². The second kappa shape index (κ2) is 13.1. The van der Waals surface area contributed by atoms with Gasteiger partial charge in [-0.1, -0.05) is 23.7 Å². The molecule has 0 unspecified atom stereocenters. The zero-order valence-corrected chi connectivity index (χ0v) is 28.1. The van der Waals surface area contributed by atoms with E-state index < -0.39 is 11.6 Å². The molecular formula is C34H37ClN10O3. The molecule has 1 aliphatic carbocycles. The van der Waals surface area contributed by atoms with Crippen LogP contribution in [-0.4, -0.2) is 73.5 Å². The zero-order valence-electron chi connectivity index (χ0n) is 27.3. The number of rotatable bonds is 9. The third kappa shape index (κ3) is 6.60. The molecule has 0 bridgehead atoms. The van der Waals surface area contributed by atoms with Crippen molar-refractivity contribution in [1.29, 1.82) is 10.5 Å². The Bertz CT molecular complexity index is 1910. The number of nitrogens with zero attached hydrogens (tertiary/aromatic N) is 9. The molecule has 2 N–H and O–H groups in total. The number of piperidine rings is 1. The Morgan fingerprint density at radius 2 is 1.81 bits per heavy atom. The number of nitriles is 2. The lowest BCUT2D eigenvalue weighted by molar-refractivity contribution is 0.0616. The molecule has 2 aromatic carbocycles. The molecule has 4 aromatic rings. The molecule has 2 fully saturated rings. The van der Waals surface area contributed by atoms with E-state index in [-0.39, 0.29) is 23.7 Å². The average Bonchev–Trinajstić information content (AvgIpc) is 3.82. The number of halogens is 1. The van der Waals surface area contributed by atoms with Crippen molar-refractivity contribution in [2.75, 3.05) is 35.3 Å². The maximum Gasteiger partial charge on any atom is 0.407 e. The minimum Gasteiger partial charge on any atom is -0.497 e. The summed E-state index contributed by atoms with van der Waals surface area (Å²) in [4.78, 5) is 27.3. The lowest BCUT2D eigenvalue weighted by Crippen LogP contribution is -2.54. The zero-order chi connectivity index (χ0) is 34.2. The van der Waals surface area contributed by atoms with Crippen molar-refractivity contribution in [3.8, 4) is 17.9 Å². The van der Waals surface area contributed by atoms with Crippen LogP contribution < -0.4 is 19.9 Å². The summed E-state index contributed by atoms with van der Waals surface area (Å²) in [5.41, 5.74) is 2.74. The molecule has 0 spiro atoms. The quantitative estimate of drug-likeness (QED) is 0.209. The fourth-order valence-corrected chi connectivity index (χ4v) is 6.63. The van der Waals surface area contributed by atoms with Crippen LogP contribution in [0.4, 0.5) is 27.9 Å². The molecule has 48 heavy (non-hydrogen) atoms. The van der Waals surface area contributed by atoms with Gasteiger partial charge in [0.1, 0.15) is 11.8 Å². The van der Waals surface area contributed by atoms with Gasteiger partial charge in [-0.2, -0.15) is 20.0 Å². The first kappa shape index (κ1) is 32.7. The highest BCUT2D eigenvalue weighted by molar-refractivity contribution is 6.36. The summed E-state index contributed by atoms with van der Waals surface area (Å²) in [6, 6.07) is 15.8. The third-order valence-electron chi connectivity index (χ3n) is 8.76. The van der Waals surface area contributed by atoms with E-state index in [0.29, 0.717) is 65.9 Å². The van der Waals surface area contributed by atoms with Crippen LogP contribution >= 0.6 is 11.6 Å². The SMILES string of the molecule is COc1ccc(CN(c2nc(Nc3cc(C#N)cc(N4CCC(N(C(=O)O)C(C)(C)C)CC4)c3Cl)nn3c(C#N)cnc23)C2CC2)cc1. The molecule has 1 saturated carbocycles. The fourth-order valence-electron chi connectivity index (χ4n) is 6.35. The van der Waals surface area contributed by atoms with Gasteiger partial charge in [-0.05, 0) is 76.3 Å². The first-order valence-corrected chi connectivity index (χ1v) is 16.2. The van der Waals surface area contributed by atoms with Crippen molar-refractivity contribution < 1.29 is 14.6 Å². The van der Waals surface area contributed by atoms with Crippen LogP contribution in [-0.2, 0) is 6.54 Å². The van der Waals surface area contributed by atoms with E-state index >= 15 is 0 Å². The van der Waals surface area contributed by atoms with Gasteiger partial charge in [-0.15, -0.1) is 5.10 Å². The number of amides is 1. The summed E-state index contributed by atoms with van der Waals surface area (Å²) in [5.74, 6) is 1.53. The highest BCUT2D eigenvalue weighted by atomic mass is 35.5. The molecule has 1 aliphatic heterocycles. The van der Waals surface area contributed by atoms with E-state index in [9.17, 15) is 20.4 Å². The Labute approximate surface area is 283 Å². The molecule has 2 aliphatic rings. The van der Waals surface area contributed by atoms with Crippen LogP contribution in [0.15, 0.2) is 42.6 Å². The van der Waals surface area contributed by atoms with Crippen LogP contribution in [0.3, 0.4) is 0 Å². The minimum absolute atomic E-state index is 0.135. The number of ether oxygens (including phenoxy) is 1. The molecular weight excluding hydrogens is 632 g/mol. The fraction of sp³-hybridized carbons (Fsp3) is 0.412. The predicted octanol–water partition coefficient (Wildman–Crippen LogP) is 6.19. The number of carbonyl (C=O) groups is 1. The molecule has 0 atom stereocenters. The Morgan fingerprint density at radius 3 is 2.40 bits per heavy atom. The maximum atomic E-state index is 12.1. The molecule has 2 aromatic heterocycles. The van der Waals surface area contributed by atoms with Gasteiger partial charge >= 0.3 is 6.09 Å². The summed E-state index contributed by atoms with van der Waals surface area (Å²) in [5, 5.41) is 37.9. The van der Waals surface area contributed by atoms with Crippen LogP contribution in [0.5, 0.6) is 5.75 Å². The van der Waals surface area contributed by atoms with Crippen LogP contribution in [0, 0.1) is 22.7 Å². The van der Waals surface area contributed by atoms with Gasteiger partial charge in [0.2, 0.25) is 5.95 Å². The lowest BCUT2D eigenvalue weighted by atomic mass is 9.96. The second-order valence-electron chi connectivity index (χ2n) is 13.1. The van der Waals surface area contributed by atoms with Gasteiger partial charge in [0.15, 0.2) is 17.2 Å². The monoisotopic (exact) mass is 668 g/mol. The van der Waals surface area contributed by atoms with Crippen molar-refractivity contribution in [1.82, 2.24) is 24.5 Å². The first-order chi connectivity index (χ1) is 23.0. The molecule has 0 radical (unpaired) electrons. The predicted molar refractivity (Wildman–Crippen MR) is 182 cm³/mol. The topological polar surface area (TPSA) is 159 Å². The summed E-state index contributed by atoms with van der Waals surface area (Å²) < 4.78 is 6.81. The molecule has 14 heteroatoms. The Morgan fingerprint density at radius 1 is 1.10 bits per heavy atom. The van der Waals surface area contributed by atoms with Crippen molar-refractivity contribution in [3.63, 3.8) is 0 Å². The van der Waals surface area contributed by atoms with E-state index in [2.05, 4.69) is 37.3 Å². The summed E-state index contributed by atoms with van der Waals surface area (Å²) in [6.07, 6.45) is 3.77. The standard InChI is InChI=1S/C34H37ClN10O3/c1-34(2,3)44(33(46)47)24-11-13-42(14-12-24)28-16-22(17-36)15-27(29(28)35)39-32-40-31(30-38-19-25(18-37)45(30)41-32)43(23-7-8-23)20-21-5-9-26(48-4)10-6-21/h5-6,9-10,15-16,19,23-24H,7-8,11-14,20H2,1-4H3,(H,39,41)(H,46,47). The molecule has 1 saturated heterocycles. The number of aromatic nitrogens is 4. The van der Waals surface area contributed by atoms with Gasteiger partial charge < -0.3 is 29.9 Å². The van der Waals surface area contributed by atoms with E-state index in [1.54, 1.807) is 19.2 Å². The number of fused-ring (bicyclic) bond motifs is 1. The van der Waals surface area contributed by atoms with Crippen LogP contribution in [0.1, 0.15) is 63.3 Å². The number of imidazole rings is 1. The first-order valence-electron chi connectivity index (χ1n) is 15.8. The van der Waals surface area contributed by atoms with Gasteiger partial charge in [-0.3, -0.25) is 0 Å². The van der Waals surface area contributed by atoms with Gasteiger partial charge in [-0.25, -0.2) is 9.78 Å². The second-order valence-corrected chi connectivity index (χ2v) is 13.5. The Balaban J connectivity index is 1.33. The number of benzene rings is 2. The summed E-state index contributed by atoms with van der Waals surface area (Å²) in [7, 11) is 1.63. The number of methoxy groups -OCH3 is 1. The van der Waals surface area contributed by atoms with E-state index in [1.165, 1.54) is 15.6 Å². The smallest absolute Gasteiger partial charge is 0.407 e. The van der Waals surface area contributed by atoms with Gasteiger partial charge in [0.25, 0.3) is 0 Å². The average molecular weight is 669 g/mol. The highest BCUT2D eigenvalue weighted by Crippen LogP contribution is 2.39. The lowest BCUT2D eigenvalue weighted by Gasteiger charge is -2.44. The number of hydrogen-bond donors (Lipinski definition) is 2. The summed E-state index contributed by atoms with van der Waals surface area (Å²) in [6.45, 7) is 7.39. The number of hydrogen-bond acceptors (Lipinski definition) is 10. The number of carboxylic acid groups (broad SMARTS) is 1. The molecule has 248 valence electrons. The number of anilines is 4. The Hall–Kier alpha value is -5.27. The van der Waals surface area contributed by atoms with Crippen molar-refractivity contribution in [2.24, 2.45) is 0 Å². The minimum atomic E-state index is -0.935. The molecule has 1 amide bonds. The van der Waals surface area contributed by atoms with E-state index in [1.807, 2.05) is 45.0 Å².